The van der Waals surface area contributed by atoms with Crippen LogP contribution in [0.3, 0.4) is 0 Å². The second kappa shape index (κ2) is 9.56. The summed E-state index contributed by atoms with van der Waals surface area (Å²) in [4.78, 5) is 38.7. The molecule has 2 aromatic rings. The van der Waals surface area contributed by atoms with Crippen LogP contribution in [0.15, 0.2) is 60.2 Å². The molecule has 182 valence electrons. The fourth-order valence-electron chi connectivity index (χ4n) is 5.69. The summed E-state index contributed by atoms with van der Waals surface area (Å²) in [5, 5.41) is 12.2. The Bertz CT molecular complexity index is 1140. The Morgan fingerprint density at radius 1 is 1.06 bits per heavy atom. The van der Waals surface area contributed by atoms with E-state index in [1.165, 1.54) is 11.1 Å². The number of rotatable bonds is 5. The van der Waals surface area contributed by atoms with E-state index < -0.39 is 18.0 Å². The van der Waals surface area contributed by atoms with E-state index in [0.717, 1.165) is 11.1 Å². The first-order valence-corrected chi connectivity index (χ1v) is 12.3. The zero-order valence-electron chi connectivity index (χ0n) is 19.8. The molecule has 0 saturated carbocycles. The summed E-state index contributed by atoms with van der Waals surface area (Å²) >= 11 is 0. The number of likely N-dealkylation sites (tertiary alicyclic amines) is 1. The summed E-state index contributed by atoms with van der Waals surface area (Å²) in [6.45, 7) is 2.59. The van der Waals surface area contributed by atoms with Crippen LogP contribution in [0.1, 0.15) is 49.7 Å². The fourth-order valence-corrected chi connectivity index (χ4v) is 5.69. The molecule has 7 nitrogen and oxygen atoms in total. The van der Waals surface area contributed by atoms with Gasteiger partial charge in [-0.1, -0.05) is 54.6 Å². The van der Waals surface area contributed by atoms with Crippen LogP contribution in [0.4, 0.5) is 4.79 Å². The Labute approximate surface area is 204 Å². The van der Waals surface area contributed by atoms with Crippen molar-refractivity contribution in [2.24, 2.45) is 5.92 Å². The second-order valence-corrected chi connectivity index (χ2v) is 9.74. The quantitative estimate of drug-likeness (QED) is 0.673. The summed E-state index contributed by atoms with van der Waals surface area (Å²) in [7, 11) is 0. The van der Waals surface area contributed by atoms with E-state index in [0.29, 0.717) is 37.8 Å². The van der Waals surface area contributed by atoms with E-state index in [1.807, 2.05) is 37.3 Å². The lowest BCUT2D eigenvalue weighted by atomic mass is 9.91. The van der Waals surface area contributed by atoms with Gasteiger partial charge in [-0.05, 0) is 54.9 Å². The molecule has 0 bridgehead atoms. The van der Waals surface area contributed by atoms with Crippen molar-refractivity contribution in [3.63, 3.8) is 0 Å². The molecule has 2 N–H and O–H groups in total. The molecule has 1 aliphatic heterocycles. The van der Waals surface area contributed by atoms with Crippen molar-refractivity contribution >= 4 is 18.0 Å². The van der Waals surface area contributed by atoms with Crippen molar-refractivity contribution in [3.8, 4) is 11.1 Å². The van der Waals surface area contributed by atoms with E-state index in [2.05, 4.69) is 29.6 Å². The predicted octanol–water partition coefficient (Wildman–Crippen LogP) is 4.33. The summed E-state index contributed by atoms with van der Waals surface area (Å²) in [5.74, 6) is -1.24. The van der Waals surface area contributed by atoms with Crippen molar-refractivity contribution in [2.75, 3.05) is 13.2 Å². The van der Waals surface area contributed by atoms with E-state index >= 15 is 0 Å². The number of nitrogens with zero attached hydrogens (tertiary/aromatic N) is 1. The van der Waals surface area contributed by atoms with Gasteiger partial charge in [-0.15, -0.1) is 0 Å². The van der Waals surface area contributed by atoms with Gasteiger partial charge < -0.3 is 20.1 Å². The number of aliphatic carboxylic acids is 1. The summed E-state index contributed by atoms with van der Waals surface area (Å²) in [6, 6.07) is 16.1. The Morgan fingerprint density at radius 2 is 1.71 bits per heavy atom. The Morgan fingerprint density at radius 3 is 2.34 bits per heavy atom. The summed E-state index contributed by atoms with van der Waals surface area (Å²) in [6.07, 6.45) is 3.37. The van der Waals surface area contributed by atoms with Gasteiger partial charge in [0, 0.05) is 30.1 Å². The normalized spacial score (nSPS) is 23.3. The Kier molecular flexibility index (Phi) is 6.32. The number of carbonyl (C=O) groups excluding carboxylic acids is 2. The molecule has 7 heteroatoms. The van der Waals surface area contributed by atoms with Crippen molar-refractivity contribution in [2.45, 2.75) is 50.6 Å². The number of benzene rings is 2. The number of hydrogen-bond donors (Lipinski definition) is 2. The lowest BCUT2D eigenvalue weighted by Gasteiger charge is -2.36. The van der Waals surface area contributed by atoms with E-state index in [1.54, 1.807) is 4.90 Å². The van der Waals surface area contributed by atoms with Gasteiger partial charge >= 0.3 is 12.1 Å². The number of carbonyl (C=O) groups is 3. The fraction of sp³-hybridized carbons (Fsp3) is 0.393. The number of alkyl carbamates (subject to hydrolysis) is 1. The minimum absolute atomic E-state index is 0.00205. The third kappa shape index (κ3) is 4.55. The molecule has 3 unspecified atom stereocenters. The average molecular weight is 475 g/mol. The van der Waals surface area contributed by atoms with Crippen LogP contribution in [0, 0.1) is 5.92 Å². The van der Waals surface area contributed by atoms with Gasteiger partial charge in [0.15, 0.2) is 0 Å². The molecule has 2 amide bonds. The molecule has 2 aromatic carbocycles. The van der Waals surface area contributed by atoms with Gasteiger partial charge in [-0.2, -0.15) is 0 Å². The highest BCUT2D eigenvalue weighted by atomic mass is 16.5. The number of amides is 2. The predicted molar refractivity (Wildman–Crippen MR) is 131 cm³/mol. The Balaban J connectivity index is 1.14. The molecular formula is C28H30N2O5. The highest BCUT2D eigenvalue weighted by Crippen LogP contribution is 2.44. The largest absolute Gasteiger partial charge is 0.481 e. The smallest absolute Gasteiger partial charge is 0.407 e. The first kappa shape index (κ1) is 23.1. The van der Waals surface area contributed by atoms with Gasteiger partial charge in [0.25, 0.3) is 0 Å². The molecule has 1 fully saturated rings. The molecule has 3 aliphatic rings. The van der Waals surface area contributed by atoms with Crippen LogP contribution in [-0.2, 0) is 14.3 Å². The topological polar surface area (TPSA) is 95.9 Å². The van der Waals surface area contributed by atoms with Crippen molar-refractivity contribution in [3.05, 3.63) is 71.3 Å². The van der Waals surface area contributed by atoms with Crippen LogP contribution in [-0.4, -0.2) is 53.2 Å². The molecule has 0 radical (unpaired) electrons. The minimum Gasteiger partial charge on any atom is -0.481 e. The molecule has 5 rings (SSSR count). The number of hydrogen-bond acceptors (Lipinski definition) is 4. The summed E-state index contributed by atoms with van der Waals surface area (Å²) in [5.41, 5.74) is 5.37. The number of carboxylic acid groups (broad SMARTS) is 1. The number of ether oxygens (including phenoxy) is 1. The van der Waals surface area contributed by atoms with Gasteiger partial charge in [0.2, 0.25) is 5.91 Å². The third-order valence-electron chi connectivity index (χ3n) is 7.54. The molecule has 1 saturated heterocycles. The van der Waals surface area contributed by atoms with Gasteiger partial charge in [0.1, 0.15) is 6.61 Å². The van der Waals surface area contributed by atoms with Crippen LogP contribution < -0.4 is 5.32 Å². The van der Waals surface area contributed by atoms with Crippen molar-refractivity contribution in [1.29, 1.82) is 0 Å². The molecule has 1 heterocycles. The second-order valence-electron chi connectivity index (χ2n) is 9.74. The lowest BCUT2D eigenvalue weighted by Crippen LogP contribution is -2.46. The maximum absolute atomic E-state index is 13.0. The molecule has 3 atom stereocenters. The highest BCUT2D eigenvalue weighted by molar-refractivity contribution is 5.94. The van der Waals surface area contributed by atoms with Gasteiger partial charge in [-0.25, -0.2) is 4.79 Å². The van der Waals surface area contributed by atoms with Crippen LogP contribution in [0.2, 0.25) is 0 Å². The Hall–Kier alpha value is -3.61. The average Bonchev–Trinajstić information content (AvgIpc) is 3.45. The number of nitrogens with one attached hydrogen (secondary N) is 1. The standard InChI is InChI=1S/C28H30N2O5/c1-17-14-19(27(32)33)12-13-30(17)26(31)18-10-11-20(15-18)29-28(34)35-16-25-23-8-4-2-6-21(23)22-7-3-5-9-24(22)25/h2-10,17,19-20,25H,11-16H2,1H3,(H,29,34)(H,32,33). The first-order chi connectivity index (χ1) is 16.9. The first-order valence-electron chi connectivity index (χ1n) is 12.3. The van der Waals surface area contributed by atoms with Crippen molar-refractivity contribution < 1.29 is 24.2 Å². The third-order valence-corrected chi connectivity index (χ3v) is 7.54. The maximum atomic E-state index is 13.0. The molecule has 0 aromatic heterocycles. The monoisotopic (exact) mass is 474 g/mol. The zero-order valence-corrected chi connectivity index (χ0v) is 19.8. The number of fused-ring (bicyclic) bond motifs is 3. The van der Waals surface area contributed by atoms with Crippen molar-refractivity contribution in [1.82, 2.24) is 10.2 Å². The van der Waals surface area contributed by atoms with E-state index in [4.69, 9.17) is 4.74 Å². The lowest BCUT2D eigenvalue weighted by molar-refractivity contribution is -0.146. The van der Waals surface area contributed by atoms with E-state index in [9.17, 15) is 19.5 Å². The molecular weight excluding hydrogens is 444 g/mol. The summed E-state index contributed by atoms with van der Waals surface area (Å²) < 4.78 is 5.64. The van der Waals surface area contributed by atoms with Crippen LogP contribution in [0.25, 0.3) is 11.1 Å². The molecule has 2 aliphatic carbocycles. The number of carboxylic acids is 1. The van der Waals surface area contributed by atoms with Crippen LogP contribution >= 0.6 is 0 Å². The van der Waals surface area contributed by atoms with Crippen LogP contribution in [0.5, 0.6) is 0 Å². The minimum atomic E-state index is -0.795. The SMILES string of the molecule is CC1CC(C(=O)O)CCN1C(=O)C1=CCC(NC(=O)OCC2c3ccccc3-c3ccccc32)C1. The zero-order chi connectivity index (χ0) is 24.5. The maximum Gasteiger partial charge on any atom is 0.407 e. The van der Waals surface area contributed by atoms with Gasteiger partial charge in [-0.3, -0.25) is 9.59 Å². The van der Waals surface area contributed by atoms with Gasteiger partial charge in [0.05, 0.1) is 5.92 Å². The van der Waals surface area contributed by atoms with E-state index in [-0.39, 0.29) is 30.5 Å². The molecule has 0 spiro atoms. The number of piperidine rings is 1. The molecule has 35 heavy (non-hydrogen) atoms. The highest BCUT2D eigenvalue weighted by Gasteiger charge is 2.35.